The smallest absolute Gasteiger partial charge is 0.375 e. The molecule has 1 aliphatic heterocycles. The molecule has 2 heterocycles. The highest BCUT2D eigenvalue weighted by molar-refractivity contribution is 5.74. The molecule has 2 aromatic carbocycles. The van der Waals surface area contributed by atoms with Crippen LogP contribution >= 0.6 is 0 Å². The minimum absolute atomic E-state index is 0.0409. The number of aromatic amines is 1. The van der Waals surface area contributed by atoms with Crippen LogP contribution in [0.3, 0.4) is 0 Å². The van der Waals surface area contributed by atoms with Crippen LogP contribution in [0.25, 0.3) is 0 Å². The van der Waals surface area contributed by atoms with Crippen molar-refractivity contribution in [2.24, 2.45) is 0 Å². The van der Waals surface area contributed by atoms with E-state index in [1.54, 1.807) is 4.90 Å². The van der Waals surface area contributed by atoms with Crippen LogP contribution in [-0.4, -0.2) is 41.9 Å². The topological polar surface area (TPSA) is 79.4 Å². The van der Waals surface area contributed by atoms with Crippen molar-refractivity contribution in [1.29, 1.82) is 0 Å². The summed E-state index contributed by atoms with van der Waals surface area (Å²) in [7, 11) is 0. The lowest BCUT2D eigenvalue weighted by atomic mass is 9.86. The summed E-state index contributed by atoms with van der Waals surface area (Å²) in [6.07, 6.45) is 1.95. The van der Waals surface area contributed by atoms with Gasteiger partial charge in [-0.25, -0.2) is 4.79 Å². The number of carbonyl (C=O) groups excluding carboxylic acids is 1. The first kappa shape index (κ1) is 19.1. The van der Waals surface area contributed by atoms with Crippen molar-refractivity contribution in [3.63, 3.8) is 0 Å². The molecule has 1 fully saturated rings. The lowest BCUT2D eigenvalue weighted by Crippen LogP contribution is -2.51. The van der Waals surface area contributed by atoms with Crippen LogP contribution in [0.1, 0.15) is 23.5 Å². The quantitative estimate of drug-likeness (QED) is 0.646. The van der Waals surface area contributed by atoms with Crippen LogP contribution in [0, 0.1) is 0 Å². The summed E-state index contributed by atoms with van der Waals surface area (Å²) in [5.74, 6) is 0.119. The van der Waals surface area contributed by atoms with Gasteiger partial charge in [0.25, 0.3) is 18.6 Å². The number of aromatic nitrogens is 2. The summed E-state index contributed by atoms with van der Waals surface area (Å²) < 4.78 is 12.0. The molecule has 1 amide bonds. The van der Waals surface area contributed by atoms with Gasteiger partial charge in [0.15, 0.2) is 0 Å². The maximum atomic E-state index is 12.6. The van der Waals surface area contributed by atoms with Crippen LogP contribution in [0.5, 0.6) is 0 Å². The molecule has 1 atom stereocenters. The molecule has 1 aromatic heterocycles. The SMILES string of the molecule is O=C(C[n+]1cc(=O)o[nH]1)N1CCO[C@@H](CC(c2ccccc2)c2ccccc2)C1. The second-order valence-corrected chi connectivity index (χ2v) is 7.21. The highest BCUT2D eigenvalue weighted by Crippen LogP contribution is 2.30. The number of benzene rings is 2. The Morgan fingerprint density at radius 3 is 2.34 bits per heavy atom. The Kier molecular flexibility index (Phi) is 5.86. The van der Waals surface area contributed by atoms with Gasteiger partial charge in [-0.3, -0.25) is 9.32 Å². The van der Waals surface area contributed by atoms with Crippen LogP contribution in [-0.2, 0) is 16.1 Å². The number of rotatable bonds is 6. The summed E-state index contributed by atoms with van der Waals surface area (Å²) in [5.41, 5.74) is 1.96. The average Bonchev–Trinajstić information content (AvgIpc) is 3.18. The molecule has 0 spiro atoms. The van der Waals surface area contributed by atoms with Gasteiger partial charge in [0.05, 0.1) is 12.7 Å². The Labute approximate surface area is 168 Å². The number of amides is 1. The number of nitrogens with zero attached hydrogens (tertiary/aromatic N) is 2. The Morgan fingerprint density at radius 1 is 1.10 bits per heavy atom. The van der Waals surface area contributed by atoms with E-state index in [1.165, 1.54) is 22.0 Å². The molecule has 4 rings (SSSR count). The highest BCUT2D eigenvalue weighted by atomic mass is 16.5. The normalized spacial score (nSPS) is 16.9. The average molecular weight is 394 g/mol. The van der Waals surface area contributed by atoms with Crippen molar-refractivity contribution in [3.05, 3.63) is 88.4 Å². The van der Waals surface area contributed by atoms with Gasteiger partial charge in [0, 0.05) is 19.0 Å². The zero-order valence-electron chi connectivity index (χ0n) is 16.1. The number of ether oxygens (including phenoxy) is 1. The predicted octanol–water partition coefficient (Wildman–Crippen LogP) is 1.71. The van der Waals surface area contributed by atoms with E-state index >= 15 is 0 Å². The molecule has 0 unspecified atom stereocenters. The lowest BCUT2D eigenvalue weighted by molar-refractivity contribution is -0.751. The summed E-state index contributed by atoms with van der Waals surface area (Å²) in [5, 5.41) is 2.41. The molecule has 3 aromatic rings. The third kappa shape index (κ3) is 4.81. The van der Waals surface area contributed by atoms with Crippen molar-refractivity contribution < 1.29 is 18.7 Å². The van der Waals surface area contributed by atoms with Gasteiger partial charge in [-0.2, -0.15) is 0 Å². The third-order valence-corrected chi connectivity index (χ3v) is 5.22. The summed E-state index contributed by atoms with van der Waals surface area (Å²) in [6, 6.07) is 20.8. The van der Waals surface area contributed by atoms with E-state index in [0.29, 0.717) is 19.7 Å². The standard InChI is InChI=1S/C22H23N3O4/c26-21(15-25-16-22(27)29-23-25)24-11-12-28-19(14-24)13-20(17-7-3-1-4-8-17)18-9-5-2-6-10-18/h1-10,16,19-20H,11-15H2/p+1/t19-/m0/s1. The van der Waals surface area contributed by atoms with Crippen molar-refractivity contribution in [1.82, 2.24) is 10.2 Å². The molecule has 7 nitrogen and oxygen atoms in total. The van der Waals surface area contributed by atoms with Crippen LogP contribution < -0.4 is 10.3 Å². The Balaban J connectivity index is 1.46. The molecule has 0 radical (unpaired) electrons. The van der Waals surface area contributed by atoms with Crippen molar-refractivity contribution in [3.8, 4) is 0 Å². The van der Waals surface area contributed by atoms with E-state index in [2.05, 4.69) is 34.1 Å². The van der Waals surface area contributed by atoms with E-state index in [9.17, 15) is 9.59 Å². The second kappa shape index (κ2) is 8.87. The Hall–Kier alpha value is -3.19. The van der Waals surface area contributed by atoms with Crippen molar-refractivity contribution in [2.75, 3.05) is 19.7 Å². The predicted molar refractivity (Wildman–Crippen MR) is 105 cm³/mol. The molecule has 150 valence electrons. The summed E-state index contributed by atoms with van der Waals surface area (Å²) in [4.78, 5) is 25.6. The first-order valence-corrected chi connectivity index (χ1v) is 9.76. The van der Waals surface area contributed by atoms with E-state index in [1.807, 2.05) is 36.4 Å². The zero-order chi connectivity index (χ0) is 20.1. The van der Waals surface area contributed by atoms with E-state index in [-0.39, 0.29) is 24.5 Å². The largest absolute Gasteiger partial charge is 0.426 e. The number of hydrogen-bond acceptors (Lipinski definition) is 4. The second-order valence-electron chi connectivity index (χ2n) is 7.21. The van der Waals surface area contributed by atoms with Gasteiger partial charge >= 0.3 is 5.63 Å². The van der Waals surface area contributed by atoms with Crippen LogP contribution in [0.15, 0.2) is 76.2 Å². The van der Waals surface area contributed by atoms with Gasteiger partial charge in [-0.05, 0) is 22.8 Å². The number of H-pyrrole nitrogens is 1. The lowest BCUT2D eigenvalue weighted by Gasteiger charge is -2.34. The molecule has 1 aliphatic rings. The minimum atomic E-state index is -0.508. The van der Waals surface area contributed by atoms with Crippen molar-refractivity contribution >= 4 is 5.91 Å². The fourth-order valence-corrected chi connectivity index (χ4v) is 3.79. The highest BCUT2D eigenvalue weighted by Gasteiger charge is 2.29. The van der Waals surface area contributed by atoms with E-state index in [0.717, 1.165) is 6.42 Å². The Bertz CT molecular complexity index is 944. The van der Waals surface area contributed by atoms with E-state index in [4.69, 9.17) is 4.74 Å². The number of morpholine rings is 1. The summed E-state index contributed by atoms with van der Waals surface area (Å²) in [6.45, 7) is 1.61. The maximum Gasteiger partial charge on any atom is 0.426 e. The van der Waals surface area contributed by atoms with Crippen molar-refractivity contribution in [2.45, 2.75) is 25.0 Å². The first-order chi connectivity index (χ1) is 14.2. The molecule has 1 N–H and O–H groups in total. The first-order valence-electron chi connectivity index (χ1n) is 9.76. The molecular weight excluding hydrogens is 370 g/mol. The molecule has 7 heteroatoms. The zero-order valence-corrected chi connectivity index (χ0v) is 16.1. The summed E-state index contributed by atoms with van der Waals surface area (Å²) >= 11 is 0. The molecule has 0 bridgehead atoms. The van der Waals surface area contributed by atoms with Crippen LogP contribution in [0.2, 0.25) is 0 Å². The van der Waals surface area contributed by atoms with Crippen LogP contribution in [0.4, 0.5) is 0 Å². The molecule has 0 aliphatic carbocycles. The number of nitrogens with one attached hydrogen (secondary N) is 1. The minimum Gasteiger partial charge on any atom is -0.375 e. The number of carbonyl (C=O) groups is 1. The Morgan fingerprint density at radius 2 is 1.76 bits per heavy atom. The fourth-order valence-electron chi connectivity index (χ4n) is 3.79. The van der Waals surface area contributed by atoms with Gasteiger partial charge < -0.3 is 9.64 Å². The van der Waals surface area contributed by atoms with Gasteiger partial charge in [0.2, 0.25) is 0 Å². The fraction of sp³-hybridized carbons (Fsp3) is 0.318. The number of hydrogen-bond donors (Lipinski definition) is 1. The third-order valence-electron chi connectivity index (χ3n) is 5.22. The maximum absolute atomic E-state index is 12.6. The molecular formula is C22H24N3O4+. The van der Waals surface area contributed by atoms with Gasteiger partial charge in [0.1, 0.15) is 0 Å². The molecule has 1 saturated heterocycles. The molecule has 29 heavy (non-hydrogen) atoms. The van der Waals surface area contributed by atoms with Gasteiger partial charge in [-0.15, -0.1) is 0 Å². The van der Waals surface area contributed by atoms with Gasteiger partial charge in [-0.1, -0.05) is 65.3 Å². The van der Waals surface area contributed by atoms with E-state index < -0.39 is 5.63 Å². The molecule has 0 saturated carbocycles. The monoisotopic (exact) mass is 394 g/mol.